The Balaban J connectivity index is 2.02. The molecule has 200 valence electrons. The lowest BCUT2D eigenvalue weighted by atomic mass is 10.1. The van der Waals surface area contributed by atoms with E-state index in [0.717, 1.165) is 18.3 Å². The van der Waals surface area contributed by atoms with Crippen LogP contribution in [0.2, 0.25) is 0 Å². The van der Waals surface area contributed by atoms with Crippen LogP contribution < -0.4 is 20.9 Å². The molecule has 0 unspecified atom stereocenters. The molecule has 0 atom stereocenters. The lowest BCUT2D eigenvalue weighted by Crippen LogP contribution is -2.37. The van der Waals surface area contributed by atoms with E-state index in [-0.39, 0.29) is 12.2 Å². The average molecular weight is 529 g/mol. The van der Waals surface area contributed by atoms with Crippen LogP contribution in [-0.4, -0.2) is 33.4 Å². The van der Waals surface area contributed by atoms with Crippen molar-refractivity contribution in [1.29, 1.82) is 0 Å². The number of hydrogen-bond donors (Lipinski definition) is 3. The van der Waals surface area contributed by atoms with E-state index in [1.165, 1.54) is 0 Å². The highest BCUT2D eigenvalue weighted by atomic mass is 19.1. The molecule has 0 radical (unpaired) electrons. The number of nitrogens with zero attached hydrogens (tertiary/aromatic N) is 1. The molecule has 2 aromatic carbocycles. The molecule has 1 heterocycles. The van der Waals surface area contributed by atoms with Gasteiger partial charge < -0.3 is 19.9 Å². The Hall–Kier alpha value is -4.74. The molecule has 0 bridgehead atoms. The van der Waals surface area contributed by atoms with Gasteiger partial charge in [0.25, 0.3) is 5.91 Å². The third kappa shape index (κ3) is 7.15. The van der Waals surface area contributed by atoms with Crippen molar-refractivity contribution in [2.45, 2.75) is 39.5 Å². The van der Waals surface area contributed by atoms with Gasteiger partial charge in [-0.3, -0.25) is 9.59 Å². The Morgan fingerprint density at radius 2 is 1.74 bits per heavy atom. The fourth-order valence-electron chi connectivity index (χ4n) is 3.24. The number of halogens is 2. The van der Waals surface area contributed by atoms with Gasteiger partial charge >= 0.3 is 12.1 Å². The molecule has 0 saturated carbocycles. The molecule has 3 aromatic rings. The monoisotopic (exact) mass is 529 g/mol. The minimum Gasteiger partial charge on any atom is -0.482 e. The van der Waals surface area contributed by atoms with E-state index in [1.807, 2.05) is 0 Å². The van der Waals surface area contributed by atoms with Crippen LogP contribution in [0.3, 0.4) is 0 Å². The van der Waals surface area contributed by atoms with Crippen molar-refractivity contribution in [3.8, 4) is 5.75 Å². The number of carbonyl (C=O) groups excluding carboxylic acids is 2. The van der Waals surface area contributed by atoms with Gasteiger partial charge in [-0.1, -0.05) is 36.4 Å². The molecule has 0 fully saturated rings. The van der Waals surface area contributed by atoms with Gasteiger partial charge in [-0.15, -0.1) is 0 Å². The maximum atomic E-state index is 14.0. The number of ether oxygens (including phenoxy) is 2. The summed E-state index contributed by atoms with van der Waals surface area (Å²) in [6, 6.07) is 11.3. The maximum Gasteiger partial charge on any atom is 0.426 e. The number of aromatic carboxylic acids is 1. The zero-order chi connectivity index (χ0) is 28.0. The number of aromatic nitrogens is 1. The van der Waals surface area contributed by atoms with E-state index in [4.69, 9.17) is 9.47 Å². The molecule has 2 amide bonds. The second kappa shape index (κ2) is 11.5. The molecular weight excluding hydrogens is 504 g/mol. The Morgan fingerprint density at radius 3 is 2.34 bits per heavy atom. The van der Waals surface area contributed by atoms with Crippen LogP contribution in [0.1, 0.15) is 52.7 Å². The van der Waals surface area contributed by atoms with Gasteiger partial charge in [0.15, 0.2) is 5.69 Å². The first kappa shape index (κ1) is 27.8. The number of amides is 2. The van der Waals surface area contributed by atoms with Crippen LogP contribution in [-0.2, 0) is 17.9 Å². The molecule has 38 heavy (non-hydrogen) atoms. The van der Waals surface area contributed by atoms with Crippen molar-refractivity contribution >= 4 is 18.0 Å². The fraction of sp³-hybridized carbons (Fsp3) is 0.231. The van der Waals surface area contributed by atoms with Crippen LogP contribution in [0.15, 0.2) is 59.5 Å². The molecule has 10 nitrogen and oxygen atoms in total. The van der Waals surface area contributed by atoms with Gasteiger partial charge in [-0.2, -0.15) is 0 Å². The summed E-state index contributed by atoms with van der Waals surface area (Å²) in [7, 11) is 0. The SMILES string of the molecule is CC(C)(C)OC(=O)Nn1cc(C(=O)NCc2ccc(F)cc2F)c(=O)c(OCc2ccccc2)c1C(=O)O. The van der Waals surface area contributed by atoms with E-state index >= 15 is 0 Å². The molecule has 0 aliphatic heterocycles. The minimum atomic E-state index is -1.64. The van der Waals surface area contributed by atoms with Crippen LogP contribution in [0.5, 0.6) is 5.75 Å². The summed E-state index contributed by atoms with van der Waals surface area (Å²) in [4.78, 5) is 50.7. The number of carboxylic acid groups (broad SMARTS) is 1. The van der Waals surface area contributed by atoms with Crippen LogP contribution in [0, 0.1) is 11.6 Å². The number of carbonyl (C=O) groups is 3. The highest BCUT2D eigenvalue weighted by molar-refractivity contribution is 5.97. The zero-order valence-corrected chi connectivity index (χ0v) is 20.7. The van der Waals surface area contributed by atoms with E-state index < -0.39 is 64.2 Å². The smallest absolute Gasteiger partial charge is 0.426 e. The Bertz CT molecular complexity index is 1420. The Labute approximate surface area is 215 Å². The fourth-order valence-corrected chi connectivity index (χ4v) is 3.24. The van der Waals surface area contributed by atoms with Gasteiger partial charge in [0.05, 0.1) is 0 Å². The largest absolute Gasteiger partial charge is 0.482 e. The summed E-state index contributed by atoms with van der Waals surface area (Å²) in [5, 5.41) is 12.2. The summed E-state index contributed by atoms with van der Waals surface area (Å²) in [5.41, 5.74) is -0.705. The number of rotatable bonds is 8. The van der Waals surface area contributed by atoms with E-state index in [0.29, 0.717) is 16.3 Å². The zero-order valence-electron chi connectivity index (χ0n) is 20.7. The lowest BCUT2D eigenvalue weighted by molar-refractivity contribution is 0.0607. The molecular formula is C26H25F2N3O7. The highest BCUT2D eigenvalue weighted by Gasteiger charge is 2.27. The first-order chi connectivity index (χ1) is 17.9. The second-order valence-electron chi connectivity index (χ2n) is 9.03. The average Bonchev–Trinajstić information content (AvgIpc) is 2.82. The summed E-state index contributed by atoms with van der Waals surface area (Å²) in [6.07, 6.45) is -0.279. The first-order valence-corrected chi connectivity index (χ1v) is 11.3. The van der Waals surface area contributed by atoms with Crippen molar-refractivity contribution in [3.63, 3.8) is 0 Å². The third-order valence-electron chi connectivity index (χ3n) is 4.90. The Morgan fingerprint density at radius 1 is 1.05 bits per heavy atom. The van der Waals surface area contributed by atoms with Crippen molar-refractivity contribution in [2.24, 2.45) is 0 Å². The molecule has 0 aliphatic carbocycles. The van der Waals surface area contributed by atoms with Crippen molar-refractivity contribution in [1.82, 2.24) is 9.99 Å². The summed E-state index contributed by atoms with van der Waals surface area (Å²) in [5.74, 6) is -5.11. The van der Waals surface area contributed by atoms with Gasteiger partial charge in [0.2, 0.25) is 11.2 Å². The number of hydrogen-bond acceptors (Lipinski definition) is 6. The minimum absolute atomic E-state index is 0.0605. The van der Waals surface area contributed by atoms with E-state index in [1.54, 1.807) is 51.1 Å². The predicted octanol–water partition coefficient (Wildman–Crippen LogP) is 3.81. The summed E-state index contributed by atoms with van der Waals surface area (Å²) < 4.78 is 38.5. The van der Waals surface area contributed by atoms with Crippen LogP contribution in [0.25, 0.3) is 0 Å². The number of nitrogens with one attached hydrogen (secondary N) is 2. The van der Waals surface area contributed by atoms with Crippen molar-refractivity contribution < 1.29 is 37.7 Å². The summed E-state index contributed by atoms with van der Waals surface area (Å²) >= 11 is 0. The van der Waals surface area contributed by atoms with Gasteiger partial charge in [-0.25, -0.2) is 28.5 Å². The van der Waals surface area contributed by atoms with Crippen LogP contribution in [0.4, 0.5) is 13.6 Å². The first-order valence-electron chi connectivity index (χ1n) is 11.3. The molecule has 12 heteroatoms. The number of benzene rings is 2. The molecule has 1 aromatic heterocycles. The highest BCUT2D eigenvalue weighted by Crippen LogP contribution is 2.18. The molecule has 0 spiro atoms. The van der Waals surface area contributed by atoms with Crippen molar-refractivity contribution in [3.05, 3.63) is 99.0 Å². The third-order valence-corrected chi connectivity index (χ3v) is 4.90. The van der Waals surface area contributed by atoms with Gasteiger partial charge in [0.1, 0.15) is 29.4 Å². The maximum absolute atomic E-state index is 14.0. The predicted molar refractivity (Wildman–Crippen MR) is 132 cm³/mol. The summed E-state index contributed by atoms with van der Waals surface area (Å²) in [6.45, 7) is 4.10. The van der Waals surface area contributed by atoms with E-state index in [2.05, 4.69) is 10.7 Å². The van der Waals surface area contributed by atoms with Crippen molar-refractivity contribution in [2.75, 3.05) is 5.43 Å². The molecule has 0 aliphatic rings. The topological polar surface area (TPSA) is 136 Å². The number of pyridine rings is 1. The second-order valence-corrected chi connectivity index (χ2v) is 9.03. The van der Waals surface area contributed by atoms with E-state index in [9.17, 15) is 33.1 Å². The quantitative estimate of drug-likeness (QED) is 0.404. The molecule has 3 rings (SSSR count). The van der Waals surface area contributed by atoms with Gasteiger partial charge in [-0.05, 0) is 32.4 Å². The van der Waals surface area contributed by atoms with Gasteiger partial charge in [0, 0.05) is 24.4 Å². The normalized spacial score (nSPS) is 11.0. The number of carboxylic acids is 1. The molecule has 3 N–H and O–H groups in total. The Kier molecular flexibility index (Phi) is 8.46. The standard InChI is InChI=1S/C26H25F2N3O7/c1-26(2,3)38-25(36)30-31-13-18(23(33)29-12-16-9-10-17(27)11-19(16)28)21(32)22(20(31)24(34)35)37-14-15-7-5-4-6-8-15/h4-11,13H,12,14H2,1-3H3,(H,29,33)(H,30,36)(H,34,35). The molecule has 0 saturated heterocycles. The lowest BCUT2D eigenvalue weighted by Gasteiger charge is -2.22. The van der Waals surface area contributed by atoms with Crippen LogP contribution >= 0.6 is 0 Å².